The largest absolute Gasteiger partial charge is 0.379 e. The maximum absolute atomic E-state index is 12.8. The molecule has 0 N–H and O–H groups in total. The number of rotatable bonds is 2. The first-order valence-electron chi connectivity index (χ1n) is 21.7. The maximum Gasteiger partial charge on any atom is 0.166 e. The number of allylic oxidation sites excluding steroid dienone is 1. The monoisotopic (exact) mass is 767 g/mol. The fraction of sp³-hybridized carbons (Fsp3) is 0.509. The lowest BCUT2D eigenvalue weighted by molar-refractivity contribution is 0.0946. The van der Waals surface area contributed by atoms with E-state index in [2.05, 4.69) is 184 Å². The number of hydrogen-bond donors (Lipinski definition) is 0. The first kappa shape index (κ1) is 44.4. The van der Waals surface area contributed by atoms with E-state index in [4.69, 9.17) is 4.74 Å². The average Bonchev–Trinajstić information content (AvgIpc) is 3.81. The van der Waals surface area contributed by atoms with Crippen molar-refractivity contribution in [3.63, 3.8) is 0 Å². The topological polar surface area (TPSA) is 26.3 Å². The Bertz CT molecular complexity index is 2100. The summed E-state index contributed by atoms with van der Waals surface area (Å²) in [6.07, 6.45) is 7.38. The number of Topliss-reactive ketones (excluding diaryl/α,β-unsaturated/α-hetero) is 1. The van der Waals surface area contributed by atoms with E-state index >= 15 is 0 Å². The maximum atomic E-state index is 12.8. The van der Waals surface area contributed by atoms with E-state index in [1.807, 2.05) is 0 Å². The van der Waals surface area contributed by atoms with Crippen LogP contribution in [0.25, 0.3) is 28.3 Å². The van der Waals surface area contributed by atoms with E-state index in [1.165, 1.54) is 90.7 Å². The molecule has 1 heterocycles. The molecule has 0 saturated carbocycles. The Hall–Kier alpha value is -3.75. The third-order valence-electron chi connectivity index (χ3n) is 12.4. The molecule has 0 spiro atoms. The lowest BCUT2D eigenvalue weighted by Gasteiger charge is -2.26. The van der Waals surface area contributed by atoms with Crippen LogP contribution in [0.4, 0.5) is 0 Å². The molecule has 3 aliphatic rings. The minimum atomic E-state index is 0.0192. The first-order chi connectivity index (χ1) is 26.3. The molecule has 57 heavy (non-hydrogen) atoms. The van der Waals surface area contributed by atoms with Gasteiger partial charge in [-0.05, 0) is 153 Å². The van der Waals surface area contributed by atoms with Crippen LogP contribution in [0.15, 0.2) is 66.2 Å². The van der Waals surface area contributed by atoms with E-state index in [1.54, 1.807) is 0 Å². The van der Waals surface area contributed by atoms with Gasteiger partial charge in [0.15, 0.2) is 5.78 Å². The molecule has 2 heteroatoms. The Morgan fingerprint density at radius 3 is 1.44 bits per heavy atom. The summed E-state index contributed by atoms with van der Waals surface area (Å²) in [5.74, 6) is 0.394. The molecule has 1 saturated heterocycles. The van der Waals surface area contributed by atoms with Crippen LogP contribution in [0, 0.1) is 19.8 Å². The highest BCUT2D eigenvalue weighted by atomic mass is 16.5. The van der Waals surface area contributed by atoms with Crippen LogP contribution in [0.2, 0.25) is 0 Å². The number of benzene rings is 4. The number of carbonyl (C=O) groups excluding carboxylic acids is 1. The molecule has 0 aromatic heterocycles. The van der Waals surface area contributed by atoms with Gasteiger partial charge in [-0.25, -0.2) is 0 Å². The fourth-order valence-corrected chi connectivity index (χ4v) is 9.05. The summed E-state index contributed by atoms with van der Waals surface area (Å²) in [7, 11) is 0. The lowest BCUT2D eigenvalue weighted by Crippen LogP contribution is -2.16. The van der Waals surface area contributed by atoms with Gasteiger partial charge in [0, 0.05) is 18.1 Å². The Labute approximate surface area is 347 Å². The summed E-state index contributed by atoms with van der Waals surface area (Å²) >= 11 is 0. The Morgan fingerprint density at radius 2 is 1.05 bits per heavy atom. The van der Waals surface area contributed by atoms with Crippen molar-refractivity contribution in [3.8, 4) is 22.3 Å². The summed E-state index contributed by atoms with van der Waals surface area (Å²) in [4.78, 5) is 12.8. The van der Waals surface area contributed by atoms with Crippen LogP contribution in [-0.4, -0.2) is 18.5 Å². The Kier molecular flexibility index (Phi) is 12.8. The summed E-state index contributed by atoms with van der Waals surface area (Å²) < 4.78 is 5.15. The molecule has 7 rings (SSSR count). The molecular weight excluding hydrogens is 693 g/mol. The third-order valence-corrected chi connectivity index (χ3v) is 12.4. The highest BCUT2D eigenvalue weighted by Gasteiger charge is 2.33. The molecule has 4 aromatic rings. The van der Waals surface area contributed by atoms with E-state index in [0.717, 1.165) is 25.0 Å². The first-order valence-corrected chi connectivity index (χ1v) is 21.7. The van der Waals surface area contributed by atoms with Crippen molar-refractivity contribution in [1.29, 1.82) is 0 Å². The zero-order valence-corrected chi connectivity index (χ0v) is 38.9. The second-order valence-corrected chi connectivity index (χ2v) is 21.6. The van der Waals surface area contributed by atoms with Gasteiger partial charge in [-0.2, -0.15) is 0 Å². The highest BCUT2D eigenvalue weighted by Crippen LogP contribution is 2.44. The van der Waals surface area contributed by atoms with Gasteiger partial charge in [0.2, 0.25) is 0 Å². The van der Waals surface area contributed by atoms with Crippen molar-refractivity contribution in [2.75, 3.05) is 6.61 Å². The van der Waals surface area contributed by atoms with Crippen molar-refractivity contribution in [2.45, 2.75) is 171 Å². The zero-order valence-electron chi connectivity index (χ0n) is 38.9. The van der Waals surface area contributed by atoms with Gasteiger partial charge in [-0.3, -0.25) is 4.79 Å². The molecule has 1 aliphatic heterocycles. The van der Waals surface area contributed by atoms with Crippen molar-refractivity contribution >= 4 is 11.9 Å². The number of carbonyl (C=O) groups is 1. The molecule has 0 radical (unpaired) electrons. The predicted molar refractivity (Wildman–Crippen MR) is 247 cm³/mol. The van der Waals surface area contributed by atoms with Gasteiger partial charge >= 0.3 is 0 Å². The number of fused-ring (bicyclic) bond motifs is 2. The van der Waals surface area contributed by atoms with Gasteiger partial charge in [-0.15, -0.1) is 0 Å². The quantitative estimate of drug-likeness (QED) is 0.203. The molecule has 0 bridgehead atoms. The van der Waals surface area contributed by atoms with Gasteiger partial charge < -0.3 is 4.74 Å². The second kappa shape index (κ2) is 16.5. The molecule has 306 valence electrons. The fourth-order valence-electron chi connectivity index (χ4n) is 9.05. The highest BCUT2D eigenvalue weighted by molar-refractivity contribution is 6.04. The van der Waals surface area contributed by atoms with Crippen LogP contribution < -0.4 is 0 Å². The van der Waals surface area contributed by atoms with Crippen molar-refractivity contribution in [1.82, 2.24) is 0 Å². The number of ketones is 1. The summed E-state index contributed by atoms with van der Waals surface area (Å²) in [5, 5.41) is 0. The van der Waals surface area contributed by atoms with Crippen molar-refractivity contribution in [2.24, 2.45) is 5.92 Å². The van der Waals surface area contributed by atoms with Crippen LogP contribution in [0.3, 0.4) is 0 Å². The van der Waals surface area contributed by atoms with Crippen LogP contribution >= 0.6 is 0 Å². The van der Waals surface area contributed by atoms with Gasteiger partial charge in [-0.1, -0.05) is 156 Å². The van der Waals surface area contributed by atoms with Crippen LogP contribution in [0.1, 0.15) is 177 Å². The minimum Gasteiger partial charge on any atom is -0.379 e. The molecule has 2 nitrogen and oxygen atoms in total. The summed E-state index contributed by atoms with van der Waals surface area (Å²) in [6, 6.07) is 22.8. The molecule has 4 aromatic carbocycles. The molecule has 0 amide bonds. The van der Waals surface area contributed by atoms with Gasteiger partial charge in [0.25, 0.3) is 0 Å². The minimum absolute atomic E-state index is 0.0192. The molecular formula is C55H74O2. The number of ether oxygens (including phenoxy) is 1. The van der Waals surface area contributed by atoms with E-state index in [-0.39, 0.29) is 27.6 Å². The molecule has 2 atom stereocenters. The zero-order chi connectivity index (χ0) is 42.4. The SMILES string of the molecule is CC1=Cc2cc(C(C)(C)C)c(C)c(-c3ccc(C(C)(C)C)cc3)c2C1.CC1CCCO1.Cc1c(C(C)(C)C)cc2c(c1-c1ccc(C(C)(C)C)cc1)CC(C)C2=O. The molecule has 2 unspecified atom stereocenters. The Morgan fingerprint density at radius 1 is 0.596 bits per heavy atom. The number of hydrogen-bond acceptors (Lipinski definition) is 2. The lowest BCUT2D eigenvalue weighted by atomic mass is 9.78. The van der Waals surface area contributed by atoms with Gasteiger partial charge in [0.1, 0.15) is 0 Å². The smallest absolute Gasteiger partial charge is 0.166 e. The van der Waals surface area contributed by atoms with Crippen LogP contribution in [0.5, 0.6) is 0 Å². The standard InChI is InChI=1S/C25H32O.C25H32.C5H10O/c1-15-13-19-20(23(15)26)14-21(25(6,7)8)16(2)22(19)17-9-11-18(12-10-17)24(3,4)5;1-16-13-19-15-22(25(6,7)8)17(2)23(21(19)14-16)18-9-11-20(12-10-18)24(3,4)5;1-5-3-2-4-6-5/h9-12,14-15H,13H2,1-8H3;9-13,15H,14H2,1-8H3;5H,2-4H2,1H3. The second-order valence-electron chi connectivity index (χ2n) is 21.6. The van der Waals surface area contributed by atoms with E-state index < -0.39 is 0 Å². The molecule has 1 fully saturated rings. The molecule has 2 aliphatic carbocycles. The van der Waals surface area contributed by atoms with Gasteiger partial charge in [0.05, 0.1) is 6.10 Å². The van der Waals surface area contributed by atoms with Crippen LogP contribution in [-0.2, 0) is 39.2 Å². The Balaban J connectivity index is 0.000000190. The average molecular weight is 767 g/mol. The summed E-state index contributed by atoms with van der Waals surface area (Å²) in [6.45, 7) is 39.2. The summed E-state index contributed by atoms with van der Waals surface area (Å²) in [5.41, 5.74) is 20.7. The van der Waals surface area contributed by atoms with E-state index in [9.17, 15) is 4.79 Å². The van der Waals surface area contributed by atoms with Crippen molar-refractivity contribution in [3.05, 3.63) is 122 Å². The normalized spacial score (nSPS) is 18.0. The van der Waals surface area contributed by atoms with E-state index in [0.29, 0.717) is 11.9 Å². The van der Waals surface area contributed by atoms with Crippen molar-refractivity contribution < 1.29 is 9.53 Å². The predicted octanol–water partition coefficient (Wildman–Crippen LogP) is 15.0. The third kappa shape index (κ3) is 9.93.